The van der Waals surface area contributed by atoms with E-state index in [1.807, 2.05) is 32.9 Å². The van der Waals surface area contributed by atoms with Crippen LogP contribution < -0.4 is 4.90 Å². The molecule has 0 unspecified atom stereocenters. The van der Waals surface area contributed by atoms with Crippen LogP contribution in [0.15, 0.2) is 29.4 Å². The summed E-state index contributed by atoms with van der Waals surface area (Å²) in [6.07, 6.45) is 0.634. The molecule has 1 aliphatic rings. The third-order valence-corrected chi connectivity index (χ3v) is 3.52. The number of carbonyl (C=O) groups excluding carboxylic acids is 1. The average molecular weight is 317 g/mol. The lowest BCUT2D eigenvalue weighted by molar-refractivity contribution is 0.0263. The molecular weight excluding hydrogens is 294 g/mol. The van der Waals surface area contributed by atoms with Gasteiger partial charge in [-0.05, 0) is 44.9 Å². The molecule has 7 heteroatoms. The van der Waals surface area contributed by atoms with Crippen molar-refractivity contribution in [2.24, 2.45) is 5.11 Å². The number of ether oxygens (including phenoxy) is 1. The van der Waals surface area contributed by atoms with Crippen LogP contribution in [0.5, 0.6) is 0 Å². The Morgan fingerprint density at radius 3 is 2.48 bits per heavy atom. The van der Waals surface area contributed by atoms with E-state index in [4.69, 9.17) is 10.3 Å². The summed E-state index contributed by atoms with van der Waals surface area (Å²) in [5.41, 5.74) is 9.62. The van der Waals surface area contributed by atoms with Crippen molar-refractivity contribution < 1.29 is 9.53 Å². The van der Waals surface area contributed by atoms with Crippen molar-refractivity contribution in [3.05, 3.63) is 34.7 Å². The molecule has 1 saturated heterocycles. The SMILES string of the molecule is CC(C)(C)OC(=O)N1CCCN(c2ccc(N=[N+]=[N-])cc2)CC1. The molecule has 1 aromatic rings. The molecular formula is C16H23N5O2. The summed E-state index contributed by atoms with van der Waals surface area (Å²) in [7, 11) is 0. The van der Waals surface area contributed by atoms with Gasteiger partial charge in [0, 0.05) is 42.5 Å². The van der Waals surface area contributed by atoms with Crippen molar-refractivity contribution in [3.63, 3.8) is 0 Å². The Kier molecular flexibility index (Phi) is 5.34. The van der Waals surface area contributed by atoms with Gasteiger partial charge in [-0.3, -0.25) is 0 Å². The first-order valence-corrected chi connectivity index (χ1v) is 7.77. The van der Waals surface area contributed by atoms with Crippen molar-refractivity contribution in [3.8, 4) is 0 Å². The molecule has 0 aliphatic carbocycles. The van der Waals surface area contributed by atoms with Gasteiger partial charge >= 0.3 is 6.09 Å². The molecule has 0 saturated carbocycles. The van der Waals surface area contributed by atoms with E-state index in [2.05, 4.69) is 14.9 Å². The van der Waals surface area contributed by atoms with Crippen LogP contribution in [0.4, 0.5) is 16.2 Å². The molecule has 0 spiro atoms. The van der Waals surface area contributed by atoms with Gasteiger partial charge in [0.2, 0.25) is 0 Å². The van der Waals surface area contributed by atoms with Gasteiger partial charge in [-0.15, -0.1) is 0 Å². The molecule has 1 fully saturated rings. The van der Waals surface area contributed by atoms with Crippen LogP contribution in [0.1, 0.15) is 27.2 Å². The van der Waals surface area contributed by atoms with Crippen LogP contribution in [0, 0.1) is 0 Å². The molecule has 7 nitrogen and oxygen atoms in total. The van der Waals surface area contributed by atoms with Crippen LogP contribution in [-0.4, -0.2) is 42.8 Å². The minimum absolute atomic E-state index is 0.252. The van der Waals surface area contributed by atoms with E-state index in [-0.39, 0.29) is 6.09 Å². The second-order valence-corrected chi connectivity index (χ2v) is 6.51. The first-order valence-electron chi connectivity index (χ1n) is 7.77. The van der Waals surface area contributed by atoms with Crippen LogP contribution >= 0.6 is 0 Å². The molecule has 2 rings (SSSR count). The van der Waals surface area contributed by atoms with Gasteiger partial charge in [-0.2, -0.15) is 0 Å². The monoisotopic (exact) mass is 317 g/mol. The van der Waals surface area contributed by atoms with Crippen molar-refractivity contribution >= 4 is 17.5 Å². The number of hydrogen-bond acceptors (Lipinski definition) is 4. The number of amides is 1. The zero-order valence-electron chi connectivity index (χ0n) is 13.9. The number of rotatable bonds is 2. The molecule has 1 aromatic carbocycles. The lowest BCUT2D eigenvalue weighted by Crippen LogP contribution is -2.39. The minimum atomic E-state index is -0.472. The molecule has 23 heavy (non-hydrogen) atoms. The fraction of sp³-hybridized carbons (Fsp3) is 0.562. The summed E-state index contributed by atoms with van der Waals surface area (Å²) >= 11 is 0. The number of nitrogens with zero attached hydrogens (tertiary/aromatic N) is 5. The second kappa shape index (κ2) is 7.24. The predicted octanol–water partition coefficient (Wildman–Crippen LogP) is 4.08. The van der Waals surface area contributed by atoms with Crippen LogP contribution in [0.2, 0.25) is 0 Å². The Hall–Kier alpha value is -2.40. The summed E-state index contributed by atoms with van der Waals surface area (Å²) < 4.78 is 5.44. The smallest absolute Gasteiger partial charge is 0.410 e. The van der Waals surface area contributed by atoms with Gasteiger partial charge in [0.05, 0.1) is 0 Å². The maximum atomic E-state index is 12.2. The maximum Gasteiger partial charge on any atom is 0.410 e. The molecule has 1 heterocycles. The number of carbonyl (C=O) groups is 1. The second-order valence-electron chi connectivity index (χ2n) is 6.51. The average Bonchev–Trinajstić information content (AvgIpc) is 2.73. The number of benzene rings is 1. The lowest BCUT2D eigenvalue weighted by atomic mass is 10.2. The highest BCUT2D eigenvalue weighted by Gasteiger charge is 2.24. The molecule has 1 aliphatic heterocycles. The fourth-order valence-corrected chi connectivity index (χ4v) is 2.47. The summed E-state index contributed by atoms with van der Waals surface area (Å²) in [6, 6.07) is 7.47. The molecule has 1 amide bonds. The highest BCUT2D eigenvalue weighted by Crippen LogP contribution is 2.21. The maximum absolute atomic E-state index is 12.2. The zero-order chi connectivity index (χ0) is 16.9. The Bertz CT molecular complexity index is 587. The molecule has 0 atom stereocenters. The first kappa shape index (κ1) is 17.0. The largest absolute Gasteiger partial charge is 0.444 e. The summed E-state index contributed by atoms with van der Waals surface area (Å²) in [5.74, 6) is 0. The topological polar surface area (TPSA) is 81.5 Å². The van der Waals surface area contributed by atoms with Gasteiger partial charge in [0.15, 0.2) is 0 Å². The standard InChI is InChI=1S/C16H23N5O2/c1-16(2,3)23-15(22)21-10-4-9-20(11-12-21)14-7-5-13(6-8-14)18-19-17/h5-8H,4,9-12H2,1-3H3. The van der Waals surface area contributed by atoms with Crippen LogP contribution in [0.25, 0.3) is 10.4 Å². The molecule has 0 bridgehead atoms. The van der Waals surface area contributed by atoms with E-state index < -0.39 is 5.60 Å². The first-order chi connectivity index (χ1) is 10.9. The number of anilines is 1. The molecule has 0 aromatic heterocycles. The summed E-state index contributed by atoms with van der Waals surface area (Å²) in [6.45, 7) is 8.58. The zero-order valence-corrected chi connectivity index (χ0v) is 13.9. The van der Waals surface area contributed by atoms with Crippen molar-refractivity contribution in [2.45, 2.75) is 32.8 Å². The fourth-order valence-electron chi connectivity index (χ4n) is 2.47. The Morgan fingerprint density at radius 2 is 1.87 bits per heavy atom. The van der Waals surface area contributed by atoms with E-state index in [9.17, 15) is 4.79 Å². The van der Waals surface area contributed by atoms with E-state index in [1.54, 1.807) is 17.0 Å². The minimum Gasteiger partial charge on any atom is -0.444 e. The van der Waals surface area contributed by atoms with Crippen molar-refractivity contribution in [1.29, 1.82) is 0 Å². The molecule has 0 radical (unpaired) electrons. The third kappa shape index (κ3) is 5.07. The van der Waals surface area contributed by atoms with E-state index in [1.165, 1.54) is 0 Å². The number of hydrogen-bond donors (Lipinski definition) is 0. The Balaban J connectivity index is 1.98. The van der Waals surface area contributed by atoms with Crippen LogP contribution in [0.3, 0.4) is 0 Å². The summed E-state index contributed by atoms with van der Waals surface area (Å²) in [5, 5.41) is 3.57. The highest BCUT2D eigenvalue weighted by atomic mass is 16.6. The number of azide groups is 1. The lowest BCUT2D eigenvalue weighted by Gasteiger charge is -2.27. The Morgan fingerprint density at radius 1 is 1.17 bits per heavy atom. The van der Waals surface area contributed by atoms with Gasteiger partial charge in [0.25, 0.3) is 0 Å². The van der Waals surface area contributed by atoms with Crippen LogP contribution in [-0.2, 0) is 4.74 Å². The Labute approximate surface area is 136 Å². The van der Waals surface area contributed by atoms with E-state index in [0.717, 1.165) is 25.2 Å². The van der Waals surface area contributed by atoms with Crippen molar-refractivity contribution in [2.75, 3.05) is 31.1 Å². The molecule has 0 N–H and O–H groups in total. The van der Waals surface area contributed by atoms with Gasteiger partial charge in [0.1, 0.15) is 5.60 Å². The summed E-state index contributed by atoms with van der Waals surface area (Å²) in [4.78, 5) is 18.9. The normalized spacial score (nSPS) is 15.6. The molecule has 124 valence electrons. The predicted molar refractivity (Wildman–Crippen MR) is 89.9 cm³/mol. The third-order valence-electron chi connectivity index (χ3n) is 3.52. The van der Waals surface area contributed by atoms with Gasteiger partial charge in [-0.1, -0.05) is 17.2 Å². The highest BCUT2D eigenvalue weighted by molar-refractivity contribution is 5.68. The van der Waals surface area contributed by atoms with Crippen molar-refractivity contribution in [1.82, 2.24) is 4.90 Å². The van der Waals surface area contributed by atoms with E-state index in [0.29, 0.717) is 18.8 Å². The van der Waals surface area contributed by atoms with Gasteiger partial charge in [-0.25, -0.2) is 4.79 Å². The quantitative estimate of drug-likeness (QED) is 0.468. The van der Waals surface area contributed by atoms with E-state index >= 15 is 0 Å². The van der Waals surface area contributed by atoms with Gasteiger partial charge < -0.3 is 14.5 Å².